The summed E-state index contributed by atoms with van der Waals surface area (Å²) in [6.45, 7) is 3.43. The third-order valence-corrected chi connectivity index (χ3v) is 3.73. The smallest absolute Gasteiger partial charge is 0.303 e. The predicted octanol–water partition coefficient (Wildman–Crippen LogP) is 3.13. The number of nitrogens with one attached hydrogen (secondary N) is 2. The van der Waals surface area contributed by atoms with E-state index in [1.54, 1.807) is 0 Å². The molecule has 1 aromatic heterocycles. The molecular weight excluding hydrogens is 334 g/mol. The number of ether oxygens (including phenoxy) is 2. The van der Waals surface area contributed by atoms with Crippen LogP contribution in [0.15, 0.2) is 42.5 Å². The minimum atomic E-state index is -0.510. The molecule has 0 saturated heterocycles. The quantitative estimate of drug-likeness (QED) is 0.664. The minimum absolute atomic E-state index is 0.344. The number of carbonyl (C=O) groups is 2. The van der Waals surface area contributed by atoms with E-state index in [1.165, 1.54) is 6.92 Å². The van der Waals surface area contributed by atoms with Crippen LogP contribution in [0.5, 0.6) is 5.75 Å². The summed E-state index contributed by atoms with van der Waals surface area (Å²) in [6.07, 6.45) is 0. The lowest BCUT2D eigenvalue weighted by atomic mass is 10.0. The largest absolute Gasteiger partial charge is 0.493 e. The fourth-order valence-corrected chi connectivity index (χ4v) is 2.60. The Morgan fingerprint density at radius 1 is 1.19 bits per heavy atom. The van der Waals surface area contributed by atoms with E-state index in [2.05, 4.69) is 20.3 Å². The number of anilines is 1. The van der Waals surface area contributed by atoms with E-state index in [1.807, 2.05) is 49.4 Å². The number of rotatable bonds is 6. The van der Waals surface area contributed by atoms with E-state index < -0.39 is 11.9 Å². The number of aromatic amines is 1. The number of aromatic nitrogens is 2. The molecule has 0 atom stereocenters. The van der Waals surface area contributed by atoms with Gasteiger partial charge < -0.3 is 14.8 Å². The van der Waals surface area contributed by atoms with Gasteiger partial charge >= 0.3 is 5.97 Å². The Kier molecular flexibility index (Phi) is 5.17. The van der Waals surface area contributed by atoms with Crippen LogP contribution in [-0.2, 0) is 14.3 Å². The molecule has 0 spiro atoms. The second kappa shape index (κ2) is 7.69. The molecule has 134 valence electrons. The van der Waals surface area contributed by atoms with Crippen molar-refractivity contribution in [1.82, 2.24) is 10.2 Å². The SMILES string of the molecule is CCOc1ccccc1-c1ccc2c(NC(=O)COC(C)=O)n[nH]c2c1. The first-order valence-electron chi connectivity index (χ1n) is 8.22. The van der Waals surface area contributed by atoms with Crippen molar-refractivity contribution in [2.45, 2.75) is 13.8 Å². The summed E-state index contributed by atoms with van der Waals surface area (Å²) < 4.78 is 10.4. The Balaban J connectivity index is 1.86. The van der Waals surface area contributed by atoms with Gasteiger partial charge in [-0.05, 0) is 30.7 Å². The minimum Gasteiger partial charge on any atom is -0.493 e. The van der Waals surface area contributed by atoms with Gasteiger partial charge in [-0.3, -0.25) is 14.7 Å². The molecule has 3 rings (SSSR count). The molecule has 1 amide bonds. The van der Waals surface area contributed by atoms with E-state index in [-0.39, 0.29) is 6.61 Å². The van der Waals surface area contributed by atoms with Crippen molar-refractivity contribution in [2.75, 3.05) is 18.5 Å². The second-order valence-corrected chi connectivity index (χ2v) is 5.59. The van der Waals surface area contributed by atoms with Crippen molar-refractivity contribution < 1.29 is 19.1 Å². The molecule has 0 bridgehead atoms. The molecule has 7 heteroatoms. The standard InChI is InChI=1S/C19H19N3O4/c1-3-25-17-7-5-4-6-14(17)13-8-9-15-16(10-13)21-22-19(15)20-18(24)11-26-12(2)23/h4-10H,3,11H2,1-2H3,(H2,20,21,22,24). The number of esters is 1. The summed E-state index contributed by atoms with van der Waals surface area (Å²) in [5.41, 5.74) is 2.73. The maximum atomic E-state index is 11.8. The molecule has 0 aliphatic carbocycles. The molecular formula is C19H19N3O4. The molecule has 26 heavy (non-hydrogen) atoms. The van der Waals surface area contributed by atoms with Gasteiger partial charge in [-0.15, -0.1) is 0 Å². The highest BCUT2D eigenvalue weighted by Crippen LogP contribution is 2.32. The first-order valence-corrected chi connectivity index (χ1v) is 8.22. The zero-order chi connectivity index (χ0) is 18.5. The van der Waals surface area contributed by atoms with Crippen molar-refractivity contribution in [1.29, 1.82) is 0 Å². The molecule has 0 aliphatic heterocycles. The van der Waals surface area contributed by atoms with Gasteiger partial charge in [0.25, 0.3) is 5.91 Å². The topological polar surface area (TPSA) is 93.3 Å². The lowest BCUT2D eigenvalue weighted by molar-refractivity contribution is -0.144. The van der Waals surface area contributed by atoms with Gasteiger partial charge in [-0.2, -0.15) is 5.10 Å². The molecule has 2 N–H and O–H groups in total. The maximum absolute atomic E-state index is 11.8. The van der Waals surface area contributed by atoms with Crippen molar-refractivity contribution in [3.8, 4) is 16.9 Å². The van der Waals surface area contributed by atoms with Gasteiger partial charge in [0.1, 0.15) is 5.75 Å². The lowest BCUT2D eigenvalue weighted by Gasteiger charge is -2.10. The number of hydrogen-bond donors (Lipinski definition) is 2. The van der Waals surface area contributed by atoms with E-state index in [9.17, 15) is 9.59 Å². The van der Waals surface area contributed by atoms with Crippen LogP contribution in [0.25, 0.3) is 22.0 Å². The number of H-pyrrole nitrogens is 1. The maximum Gasteiger partial charge on any atom is 0.303 e. The van der Waals surface area contributed by atoms with Crippen LogP contribution < -0.4 is 10.1 Å². The van der Waals surface area contributed by atoms with Gasteiger partial charge in [0, 0.05) is 17.9 Å². The van der Waals surface area contributed by atoms with E-state index in [4.69, 9.17) is 4.74 Å². The average molecular weight is 353 g/mol. The first-order chi connectivity index (χ1) is 12.6. The van der Waals surface area contributed by atoms with Crippen molar-refractivity contribution in [3.05, 3.63) is 42.5 Å². The summed E-state index contributed by atoms with van der Waals surface area (Å²) in [5.74, 6) is 0.245. The molecule has 3 aromatic rings. The predicted molar refractivity (Wildman–Crippen MR) is 98.0 cm³/mol. The molecule has 1 heterocycles. The number of amides is 1. The number of hydrogen-bond acceptors (Lipinski definition) is 5. The molecule has 0 radical (unpaired) electrons. The summed E-state index contributed by atoms with van der Waals surface area (Å²) in [4.78, 5) is 22.6. The van der Waals surface area contributed by atoms with Gasteiger partial charge in [0.05, 0.1) is 12.1 Å². The van der Waals surface area contributed by atoms with E-state index in [0.717, 1.165) is 27.8 Å². The fourth-order valence-electron chi connectivity index (χ4n) is 2.60. The Labute approximate surface area is 150 Å². The lowest BCUT2D eigenvalue weighted by Crippen LogP contribution is -2.20. The van der Waals surface area contributed by atoms with Crippen molar-refractivity contribution >= 4 is 28.6 Å². The monoisotopic (exact) mass is 353 g/mol. The summed E-state index contributed by atoms with van der Waals surface area (Å²) in [7, 11) is 0. The van der Waals surface area contributed by atoms with Gasteiger partial charge in [0.15, 0.2) is 12.4 Å². The second-order valence-electron chi connectivity index (χ2n) is 5.59. The first kappa shape index (κ1) is 17.5. The molecule has 0 aliphatic rings. The highest BCUT2D eigenvalue weighted by Gasteiger charge is 2.12. The van der Waals surface area contributed by atoms with Crippen LogP contribution >= 0.6 is 0 Å². The highest BCUT2D eigenvalue weighted by atomic mass is 16.5. The van der Waals surface area contributed by atoms with Gasteiger partial charge in [0.2, 0.25) is 0 Å². The van der Waals surface area contributed by atoms with Crippen LogP contribution in [0.4, 0.5) is 5.82 Å². The zero-order valence-electron chi connectivity index (χ0n) is 14.5. The van der Waals surface area contributed by atoms with Gasteiger partial charge in [-0.1, -0.05) is 24.3 Å². The summed E-state index contributed by atoms with van der Waals surface area (Å²) >= 11 is 0. The Bertz CT molecular complexity index is 949. The molecule has 0 fully saturated rings. The summed E-state index contributed by atoms with van der Waals surface area (Å²) in [6, 6.07) is 13.6. The third kappa shape index (κ3) is 3.83. The molecule has 7 nitrogen and oxygen atoms in total. The number of para-hydroxylation sites is 1. The van der Waals surface area contributed by atoms with Crippen LogP contribution in [0.2, 0.25) is 0 Å². The van der Waals surface area contributed by atoms with Crippen LogP contribution in [0.3, 0.4) is 0 Å². The highest BCUT2D eigenvalue weighted by molar-refractivity contribution is 6.01. The van der Waals surface area contributed by atoms with E-state index >= 15 is 0 Å². The Morgan fingerprint density at radius 2 is 2.00 bits per heavy atom. The normalized spacial score (nSPS) is 10.5. The molecule has 0 unspecified atom stereocenters. The Morgan fingerprint density at radius 3 is 2.77 bits per heavy atom. The zero-order valence-corrected chi connectivity index (χ0v) is 14.5. The van der Waals surface area contributed by atoms with Gasteiger partial charge in [-0.25, -0.2) is 0 Å². The third-order valence-electron chi connectivity index (χ3n) is 3.73. The summed E-state index contributed by atoms with van der Waals surface area (Å²) in [5, 5.41) is 10.4. The number of benzene rings is 2. The van der Waals surface area contributed by atoms with Crippen molar-refractivity contribution in [3.63, 3.8) is 0 Å². The number of nitrogens with zero attached hydrogens (tertiary/aromatic N) is 1. The number of carbonyl (C=O) groups excluding carboxylic acids is 2. The Hall–Kier alpha value is -3.35. The van der Waals surface area contributed by atoms with Crippen molar-refractivity contribution in [2.24, 2.45) is 0 Å². The van der Waals surface area contributed by atoms with Crippen LogP contribution in [-0.4, -0.2) is 35.3 Å². The average Bonchev–Trinajstić information content (AvgIpc) is 3.03. The number of fused-ring (bicyclic) bond motifs is 1. The fraction of sp³-hybridized carbons (Fsp3) is 0.211. The van der Waals surface area contributed by atoms with Crippen LogP contribution in [0, 0.1) is 0 Å². The van der Waals surface area contributed by atoms with Crippen LogP contribution in [0.1, 0.15) is 13.8 Å². The van der Waals surface area contributed by atoms with E-state index in [0.29, 0.717) is 12.4 Å². The molecule has 0 saturated carbocycles. The molecule has 2 aromatic carbocycles.